The number of ether oxygens (including phenoxy) is 5. The van der Waals surface area contributed by atoms with E-state index in [0.717, 1.165) is 61.4 Å². The molecule has 0 unspecified atom stereocenters. The van der Waals surface area contributed by atoms with Gasteiger partial charge in [0, 0.05) is 44.9 Å². The van der Waals surface area contributed by atoms with E-state index < -0.39 is 29.1 Å². The molecular weight excluding hydrogens is 556 g/mol. The summed E-state index contributed by atoms with van der Waals surface area (Å²) in [6.45, 7) is 0. The standard InChI is InChI=1S/C37H30O7/c1-40-32-21-11-7-8-12-22(21)33(41-2)28-25-17-24(27(28)32)30-31(25)37(35(39)43-4)29-23-16-19-10-6-5-9-18(19)15-20(23)13-14-26(29)36(30,44-37)34(38)42-3/h5-16,24-25,30-31H,17H2,1-4H3/t24-,25+,30-,31+,36+,37-/m1/s1. The fraction of sp³-hybridized carbons (Fsp3) is 0.297. The number of hydrogen-bond donors (Lipinski definition) is 0. The van der Waals surface area contributed by atoms with Gasteiger partial charge in [0.1, 0.15) is 11.5 Å². The van der Waals surface area contributed by atoms with Crippen LogP contribution in [0.15, 0.2) is 72.8 Å². The summed E-state index contributed by atoms with van der Waals surface area (Å²) in [7, 11) is 6.16. The fourth-order valence-corrected chi connectivity index (χ4v) is 9.76. The third-order valence-corrected chi connectivity index (χ3v) is 11.0. The molecule has 5 aromatic carbocycles. The first kappa shape index (κ1) is 25.8. The first-order valence-electron chi connectivity index (χ1n) is 15.0. The molecule has 2 fully saturated rings. The van der Waals surface area contributed by atoms with Gasteiger partial charge in [-0.2, -0.15) is 0 Å². The summed E-state index contributed by atoms with van der Waals surface area (Å²) in [5.41, 5.74) is 0.429. The second-order valence-corrected chi connectivity index (χ2v) is 12.4. The van der Waals surface area contributed by atoms with Gasteiger partial charge in [0.25, 0.3) is 0 Å². The van der Waals surface area contributed by atoms with E-state index in [4.69, 9.17) is 23.7 Å². The van der Waals surface area contributed by atoms with Gasteiger partial charge in [0.15, 0.2) is 11.2 Å². The van der Waals surface area contributed by atoms with Gasteiger partial charge < -0.3 is 23.7 Å². The van der Waals surface area contributed by atoms with Crippen molar-refractivity contribution in [1.82, 2.24) is 0 Å². The normalized spacial score (nSPS) is 28.6. The second-order valence-electron chi connectivity index (χ2n) is 12.4. The Morgan fingerprint density at radius 3 is 1.80 bits per heavy atom. The van der Waals surface area contributed by atoms with Crippen molar-refractivity contribution in [2.75, 3.05) is 28.4 Å². The van der Waals surface area contributed by atoms with E-state index in [1.807, 2.05) is 48.5 Å². The molecule has 7 nitrogen and oxygen atoms in total. The molecule has 220 valence electrons. The van der Waals surface area contributed by atoms with Crippen LogP contribution >= 0.6 is 0 Å². The number of rotatable bonds is 4. The van der Waals surface area contributed by atoms with E-state index in [0.29, 0.717) is 11.1 Å². The number of esters is 2. The van der Waals surface area contributed by atoms with Crippen LogP contribution in [0.2, 0.25) is 0 Å². The fourth-order valence-electron chi connectivity index (χ4n) is 9.76. The van der Waals surface area contributed by atoms with Crippen molar-refractivity contribution in [3.8, 4) is 11.5 Å². The molecule has 4 bridgehead atoms. The minimum absolute atomic E-state index is 0.139. The molecule has 0 radical (unpaired) electrons. The Labute approximate surface area is 253 Å². The largest absolute Gasteiger partial charge is 0.496 e. The Morgan fingerprint density at radius 1 is 0.659 bits per heavy atom. The van der Waals surface area contributed by atoms with Gasteiger partial charge in [-0.3, -0.25) is 0 Å². The zero-order chi connectivity index (χ0) is 30.1. The van der Waals surface area contributed by atoms with E-state index in [9.17, 15) is 9.59 Å². The Hall–Kier alpha value is -4.62. The maximum Gasteiger partial charge on any atom is 0.343 e. The molecule has 0 N–H and O–H groups in total. The van der Waals surface area contributed by atoms with E-state index in [2.05, 4.69) is 24.3 Å². The summed E-state index contributed by atoms with van der Waals surface area (Å²) >= 11 is 0. The maximum absolute atomic E-state index is 14.4. The summed E-state index contributed by atoms with van der Waals surface area (Å²) in [6, 6.07) is 24.4. The first-order chi connectivity index (χ1) is 21.5. The van der Waals surface area contributed by atoms with Crippen LogP contribution in [-0.4, -0.2) is 40.4 Å². The number of carbonyl (C=O) groups excluding carboxylic acids is 2. The van der Waals surface area contributed by atoms with Gasteiger partial charge in [-0.15, -0.1) is 0 Å². The van der Waals surface area contributed by atoms with E-state index in [1.165, 1.54) is 14.2 Å². The smallest absolute Gasteiger partial charge is 0.343 e. The van der Waals surface area contributed by atoms with Crippen molar-refractivity contribution >= 4 is 44.3 Å². The molecule has 44 heavy (non-hydrogen) atoms. The molecule has 2 aliphatic carbocycles. The van der Waals surface area contributed by atoms with Crippen molar-refractivity contribution in [2.24, 2.45) is 11.8 Å². The summed E-state index contributed by atoms with van der Waals surface area (Å²) in [5, 5.41) is 5.87. The van der Waals surface area contributed by atoms with E-state index in [-0.39, 0.29) is 17.8 Å². The lowest BCUT2D eigenvalue weighted by molar-refractivity contribution is -0.192. The average Bonchev–Trinajstić information content (AvgIpc) is 3.81. The lowest BCUT2D eigenvalue weighted by atomic mass is 9.57. The van der Waals surface area contributed by atoms with Crippen LogP contribution < -0.4 is 9.47 Å². The predicted octanol–water partition coefficient (Wildman–Crippen LogP) is 6.46. The van der Waals surface area contributed by atoms with Gasteiger partial charge >= 0.3 is 11.9 Å². The van der Waals surface area contributed by atoms with E-state index in [1.54, 1.807) is 14.2 Å². The molecular formula is C37H30O7. The van der Waals surface area contributed by atoms with Crippen molar-refractivity contribution in [3.63, 3.8) is 0 Å². The number of methoxy groups -OCH3 is 4. The SMILES string of the molecule is COC(=O)[C@@]12O[C@@](C(=O)OC)(c3ccc4cc5ccccc5cc4c31)[C@H]1[C@@H]2[C@H]2C[C@@H]1c1c2c(OC)c2ccccc2c1OC. The monoisotopic (exact) mass is 586 g/mol. The third kappa shape index (κ3) is 2.66. The highest BCUT2D eigenvalue weighted by atomic mass is 16.6. The van der Waals surface area contributed by atoms with Crippen molar-refractivity contribution in [2.45, 2.75) is 29.5 Å². The molecule has 0 spiro atoms. The molecule has 0 amide bonds. The molecule has 0 aromatic heterocycles. The van der Waals surface area contributed by atoms with Gasteiger partial charge in [-0.05, 0) is 51.9 Å². The topological polar surface area (TPSA) is 80.3 Å². The zero-order valence-electron chi connectivity index (χ0n) is 24.8. The molecule has 6 atom stereocenters. The quantitative estimate of drug-likeness (QED) is 0.177. The van der Waals surface area contributed by atoms with Crippen molar-refractivity contribution < 1.29 is 33.3 Å². The van der Waals surface area contributed by atoms with Crippen molar-refractivity contribution in [1.29, 1.82) is 0 Å². The summed E-state index contributed by atoms with van der Waals surface area (Å²) in [6.07, 6.45) is 0.726. The van der Waals surface area contributed by atoms with Crippen LogP contribution in [0, 0.1) is 11.8 Å². The highest BCUT2D eigenvalue weighted by molar-refractivity contribution is 6.06. The van der Waals surface area contributed by atoms with Crippen LogP contribution in [0.4, 0.5) is 0 Å². The molecule has 5 aromatic rings. The van der Waals surface area contributed by atoms with Gasteiger partial charge in [0.2, 0.25) is 0 Å². The molecule has 7 heteroatoms. The molecule has 1 saturated carbocycles. The predicted molar refractivity (Wildman–Crippen MR) is 164 cm³/mol. The van der Waals surface area contributed by atoms with Crippen LogP contribution in [0.25, 0.3) is 32.3 Å². The van der Waals surface area contributed by atoms with Crippen LogP contribution in [0.5, 0.6) is 11.5 Å². The number of carbonyl (C=O) groups is 2. The van der Waals surface area contributed by atoms with Gasteiger partial charge in [-0.25, -0.2) is 9.59 Å². The Bertz CT molecular complexity index is 2120. The Balaban J connectivity index is 1.41. The molecule has 2 heterocycles. The second kappa shape index (κ2) is 8.51. The third-order valence-electron chi connectivity index (χ3n) is 11.0. The summed E-state index contributed by atoms with van der Waals surface area (Å²) < 4.78 is 30.5. The molecule has 4 aliphatic rings. The number of hydrogen-bond acceptors (Lipinski definition) is 7. The highest BCUT2D eigenvalue weighted by Gasteiger charge is 2.83. The zero-order valence-corrected chi connectivity index (χ0v) is 24.8. The average molecular weight is 587 g/mol. The minimum atomic E-state index is -1.52. The number of fused-ring (bicyclic) bond motifs is 19. The molecule has 9 rings (SSSR count). The number of benzene rings is 5. The van der Waals surface area contributed by atoms with Gasteiger partial charge in [0.05, 0.1) is 28.4 Å². The van der Waals surface area contributed by atoms with Gasteiger partial charge in [-0.1, -0.05) is 60.7 Å². The summed E-state index contributed by atoms with van der Waals surface area (Å²) in [5.74, 6) is -0.504. The summed E-state index contributed by atoms with van der Waals surface area (Å²) in [4.78, 5) is 28.6. The van der Waals surface area contributed by atoms with Crippen LogP contribution in [0.3, 0.4) is 0 Å². The maximum atomic E-state index is 14.4. The van der Waals surface area contributed by atoms with Crippen LogP contribution in [0.1, 0.15) is 40.5 Å². The lowest BCUT2D eigenvalue weighted by Crippen LogP contribution is -2.48. The Morgan fingerprint density at radius 2 is 1.20 bits per heavy atom. The minimum Gasteiger partial charge on any atom is -0.496 e. The molecule has 1 saturated heterocycles. The first-order valence-corrected chi connectivity index (χ1v) is 15.0. The molecule has 2 aliphatic heterocycles. The van der Waals surface area contributed by atoms with E-state index >= 15 is 0 Å². The van der Waals surface area contributed by atoms with Crippen LogP contribution in [-0.2, 0) is 35.0 Å². The lowest BCUT2D eigenvalue weighted by Gasteiger charge is -2.42. The Kier molecular flexibility index (Phi) is 5.00. The highest BCUT2D eigenvalue weighted by Crippen LogP contribution is 2.80. The van der Waals surface area contributed by atoms with Crippen molar-refractivity contribution in [3.05, 3.63) is 95.1 Å².